The molecule has 2 nitrogen and oxygen atoms in total. The van der Waals surface area contributed by atoms with Gasteiger partial charge in [0.1, 0.15) is 0 Å². The van der Waals surface area contributed by atoms with Gasteiger partial charge in [0, 0.05) is 22.9 Å². The topological polar surface area (TPSA) is 21.3 Å². The van der Waals surface area contributed by atoms with Crippen molar-refractivity contribution in [1.82, 2.24) is 5.32 Å². The first-order valence-electron chi connectivity index (χ1n) is 7.55. The van der Waals surface area contributed by atoms with Crippen molar-refractivity contribution in [3.8, 4) is 0 Å². The van der Waals surface area contributed by atoms with Gasteiger partial charge in [-0.25, -0.2) is 0 Å². The van der Waals surface area contributed by atoms with Crippen LogP contribution in [0.25, 0.3) is 0 Å². The Morgan fingerprint density at radius 3 is 2.45 bits per heavy atom. The average Bonchev–Trinajstić information content (AvgIpc) is 2.61. The van der Waals surface area contributed by atoms with Gasteiger partial charge in [-0.3, -0.25) is 0 Å². The fourth-order valence-corrected chi connectivity index (χ4v) is 4.75. The van der Waals surface area contributed by atoms with Crippen LogP contribution >= 0.6 is 23.5 Å². The number of hydrogen-bond acceptors (Lipinski definition) is 4. The second-order valence-corrected chi connectivity index (χ2v) is 7.24. The van der Waals surface area contributed by atoms with Crippen LogP contribution in [0.1, 0.15) is 10.8 Å². The Balaban J connectivity index is 1.88. The molecule has 0 spiro atoms. The lowest BCUT2D eigenvalue weighted by atomic mass is 10.1. The average molecular weight is 332 g/mol. The van der Waals surface area contributed by atoms with Crippen molar-refractivity contribution in [3.63, 3.8) is 0 Å². The summed E-state index contributed by atoms with van der Waals surface area (Å²) in [4.78, 5) is 2.66. The van der Waals surface area contributed by atoms with Crippen molar-refractivity contribution in [2.24, 2.45) is 0 Å². The molecule has 1 aliphatic rings. The maximum absolute atomic E-state index is 6.05. The third-order valence-electron chi connectivity index (χ3n) is 3.75. The van der Waals surface area contributed by atoms with Crippen LogP contribution in [0.2, 0.25) is 0 Å². The van der Waals surface area contributed by atoms with E-state index in [1.165, 1.54) is 15.4 Å². The van der Waals surface area contributed by atoms with Crippen LogP contribution in [0.3, 0.4) is 0 Å². The molecule has 0 aliphatic carbocycles. The predicted molar refractivity (Wildman–Crippen MR) is 95.9 cm³/mol. The molecule has 1 saturated heterocycles. The Bertz CT molecular complexity index is 585. The summed E-state index contributed by atoms with van der Waals surface area (Å²) in [6.07, 6.45) is 2.34. The van der Waals surface area contributed by atoms with Crippen molar-refractivity contribution < 1.29 is 4.74 Å². The molecule has 1 heterocycles. The zero-order valence-electron chi connectivity index (χ0n) is 12.7. The van der Waals surface area contributed by atoms with Gasteiger partial charge in [-0.1, -0.05) is 42.5 Å². The highest BCUT2D eigenvalue weighted by Gasteiger charge is 2.27. The summed E-state index contributed by atoms with van der Waals surface area (Å²) in [5.41, 5.74) is 1.33. The summed E-state index contributed by atoms with van der Waals surface area (Å²) in [6.45, 7) is 2.65. The van der Waals surface area contributed by atoms with Crippen molar-refractivity contribution >= 4 is 23.5 Å². The van der Waals surface area contributed by atoms with Gasteiger partial charge in [-0.15, -0.1) is 23.5 Å². The quantitative estimate of drug-likeness (QED) is 0.827. The molecule has 4 heteroatoms. The van der Waals surface area contributed by atoms with E-state index in [9.17, 15) is 0 Å². The molecule has 0 bridgehead atoms. The van der Waals surface area contributed by atoms with Gasteiger partial charge in [0.25, 0.3) is 0 Å². The van der Waals surface area contributed by atoms with Gasteiger partial charge < -0.3 is 10.1 Å². The predicted octanol–water partition coefficient (Wildman–Crippen LogP) is 4.23. The lowest BCUT2D eigenvalue weighted by Gasteiger charge is -2.31. The Labute approximate surface area is 141 Å². The molecule has 0 aromatic heterocycles. The zero-order chi connectivity index (χ0) is 15.2. The van der Waals surface area contributed by atoms with E-state index in [1.807, 2.05) is 11.8 Å². The molecular weight excluding hydrogens is 310 g/mol. The van der Waals surface area contributed by atoms with Crippen LogP contribution in [-0.4, -0.2) is 32.1 Å². The Morgan fingerprint density at radius 1 is 1.05 bits per heavy atom. The molecule has 22 heavy (non-hydrogen) atoms. The number of nitrogens with one attached hydrogen (secondary N) is 1. The molecule has 2 aromatic carbocycles. The summed E-state index contributed by atoms with van der Waals surface area (Å²) >= 11 is 3.72. The minimum Gasteiger partial charge on any atom is -0.374 e. The van der Waals surface area contributed by atoms with Crippen LogP contribution in [0.15, 0.2) is 64.4 Å². The molecule has 2 aromatic rings. The number of ether oxygens (including phenoxy) is 1. The van der Waals surface area contributed by atoms with Crippen molar-refractivity contribution in [2.75, 3.05) is 26.0 Å². The molecular formula is C18H21NOS2. The van der Waals surface area contributed by atoms with Crippen molar-refractivity contribution in [3.05, 3.63) is 60.2 Å². The van der Waals surface area contributed by atoms with Crippen LogP contribution in [0.5, 0.6) is 0 Å². The Hall–Kier alpha value is -0.940. The third-order valence-corrected chi connectivity index (χ3v) is 6.11. The van der Waals surface area contributed by atoms with Crippen LogP contribution in [0.4, 0.5) is 0 Å². The SMILES string of the molecule is CSc1ccccc1S[C@H](c1ccccc1)[C@H]1CNCCO1. The number of morpholine rings is 1. The molecule has 1 aliphatic heterocycles. The van der Waals surface area contributed by atoms with Crippen molar-refractivity contribution in [1.29, 1.82) is 0 Å². The normalized spacial score (nSPS) is 19.8. The lowest BCUT2D eigenvalue weighted by Crippen LogP contribution is -2.41. The summed E-state index contributed by atoms with van der Waals surface area (Å²) in [5.74, 6) is 0. The van der Waals surface area contributed by atoms with Gasteiger partial charge in [0.15, 0.2) is 0 Å². The fraction of sp³-hybridized carbons (Fsp3) is 0.333. The molecule has 1 N–H and O–H groups in total. The maximum Gasteiger partial charge on any atom is 0.0862 e. The minimum absolute atomic E-state index is 0.205. The fourth-order valence-electron chi connectivity index (χ4n) is 2.63. The van der Waals surface area contributed by atoms with E-state index >= 15 is 0 Å². The number of hydrogen-bond donors (Lipinski definition) is 1. The highest BCUT2D eigenvalue weighted by atomic mass is 32.2. The summed E-state index contributed by atoms with van der Waals surface area (Å²) in [7, 11) is 0. The first-order chi connectivity index (χ1) is 10.9. The summed E-state index contributed by atoms with van der Waals surface area (Å²) < 4.78 is 6.05. The molecule has 0 saturated carbocycles. The molecule has 2 atom stereocenters. The number of benzene rings is 2. The van der Waals surface area contributed by atoms with Gasteiger partial charge >= 0.3 is 0 Å². The van der Waals surface area contributed by atoms with E-state index in [1.54, 1.807) is 11.8 Å². The van der Waals surface area contributed by atoms with Crippen LogP contribution < -0.4 is 5.32 Å². The summed E-state index contributed by atoms with van der Waals surface area (Å²) in [5, 5.41) is 3.76. The second-order valence-electron chi connectivity index (χ2n) is 5.21. The molecule has 3 rings (SSSR count). The molecule has 1 fully saturated rings. The van der Waals surface area contributed by atoms with Gasteiger partial charge in [0.2, 0.25) is 0 Å². The van der Waals surface area contributed by atoms with Crippen LogP contribution in [-0.2, 0) is 4.74 Å². The summed E-state index contributed by atoms with van der Waals surface area (Å²) in [6, 6.07) is 19.3. The van der Waals surface area contributed by atoms with E-state index in [0.29, 0.717) is 5.25 Å². The van der Waals surface area contributed by atoms with Crippen molar-refractivity contribution in [2.45, 2.75) is 21.1 Å². The number of thioether (sulfide) groups is 2. The van der Waals surface area contributed by atoms with E-state index in [0.717, 1.165) is 19.7 Å². The van der Waals surface area contributed by atoms with E-state index < -0.39 is 0 Å². The van der Waals surface area contributed by atoms with Gasteiger partial charge in [-0.2, -0.15) is 0 Å². The Morgan fingerprint density at radius 2 is 1.77 bits per heavy atom. The smallest absolute Gasteiger partial charge is 0.0862 e. The molecule has 0 unspecified atom stereocenters. The minimum atomic E-state index is 0.205. The van der Waals surface area contributed by atoms with Gasteiger partial charge in [0.05, 0.1) is 18.0 Å². The van der Waals surface area contributed by atoms with Crippen LogP contribution in [0, 0.1) is 0 Å². The molecule has 116 valence electrons. The number of rotatable bonds is 5. The molecule has 0 radical (unpaired) electrons. The standard InChI is InChI=1S/C18H21NOS2/c1-21-16-9-5-6-10-17(16)22-18(14-7-3-2-4-8-14)15-13-19-11-12-20-15/h2-10,15,18-19H,11-13H2,1H3/t15-,18-/m1/s1. The third kappa shape index (κ3) is 3.87. The monoisotopic (exact) mass is 331 g/mol. The second kappa shape index (κ2) is 8.06. The van der Waals surface area contributed by atoms with E-state index in [4.69, 9.17) is 4.74 Å². The first kappa shape index (κ1) is 15.9. The highest BCUT2D eigenvalue weighted by Crippen LogP contribution is 2.42. The Kier molecular flexibility index (Phi) is 5.84. The van der Waals surface area contributed by atoms with E-state index in [2.05, 4.69) is 66.2 Å². The van der Waals surface area contributed by atoms with Gasteiger partial charge in [-0.05, 0) is 24.0 Å². The maximum atomic E-state index is 6.05. The van der Waals surface area contributed by atoms with E-state index in [-0.39, 0.29) is 6.10 Å². The largest absolute Gasteiger partial charge is 0.374 e. The first-order valence-corrected chi connectivity index (χ1v) is 9.66. The lowest BCUT2D eigenvalue weighted by molar-refractivity contribution is 0.0273. The highest BCUT2D eigenvalue weighted by molar-refractivity contribution is 8.02. The zero-order valence-corrected chi connectivity index (χ0v) is 14.3. The molecule has 0 amide bonds.